The Morgan fingerprint density at radius 1 is 1.64 bits per heavy atom. The van der Waals surface area contributed by atoms with E-state index in [4.69, 9.17) is 0 Å². The summed E-state index contributed by atoms with van der Waals surface area (Å²) in [6.45, 7) is 0. The second-order valence-corrected chi connectivity index (χ2v) is 4.58. The van der Waals surface area contributed by atoms with Crippen LogP contribution in [0, 0.1) is 0 Å². The molecule has 14 heavy (non-hydrogen) atoms. The first kappa shape index (κ1) is 10.7. The second-order valence-electron chi connectivity index (χ2n) is 2.83. The van der Waals surface area contributed by atoms with E-state index in [1.54, 1.807) is 0 Å². The molecule has 0 atom stereocenters. The van der Waals surface area contributed by atoms with Gasteiger partial charge < -0.3 is 4.52 Å². The third-order valence-corrected chi connectivity index (χ3v) is 2.02. The molecular weight excluding hydrogens is 208 g/mol. The van der Waals surface area contributed by atoms with Gasteiger partial charge in [0.05, 0.1) is 12.5 Å². The molecule has 0 aliphatic carbocycles. The fraction of sp³-hybridized carbons (Fsp3) is 0.429. The molecule has 6 nitrogen and oxygen atoms in total. The smallest absolute Gasteiger partial charge is 0.233 e. The molecule has 1 aromatic heterocycles. The molecule has 0 unspecified atom stereocenters. The van der Waals surface area contributed by atoms with Gasteiger partial charge >= 0.3 is 0 Å². The van der Waals surface area contributed by atoms with Crippen LogP contribution in [0.4, 0.5) is 0 Å². The van der Waals surface area contributed by atoms with E-state index in [2.05, 4.69) is 9.68 Å². The topological polar surface area (TPSA) is 89.3 Å². The highest BCUT2D eigenvalue weighted by molar-refractivity contribution is 7.89. The first-order valence-corrected chi connectivity index (χ1v) is 5.75. The largest absolute Gasteiger partial charge is 0.364 e. The Balaban J connectivity index is 2.36. The van der Waals surface area contributed by atoms with E-state index >= 15 is 0 Å². The van der Waals surface area contributed by atoms with Gasteiger partial charge in [0.1, 0.15) is 6.26 Å². The number of amides is 1. The van der Waals surface area contributed by atoms with Gasteiger partial charge in [-0.1, -0.05) is 5.16 Å². The lowest BCUT2D eigenvalue weighted by molar-refractivity contribution is -0.119. The average molecular weight is 218 g/mol. The van der Waals surface area contributed by atoms with Crippen molar-refractivity contribution in [3.05, 3.63) is 18.0 Å². The van der Waals surface area contributed by atoms with Gasteiger partial charge in [-0.05, 0) is 6.42 Å². The van der Waals surface area contributed by atoms with Crippen LogP contribution in [0.5, 0.6) is 0 Å². The van der Waals surface area contributed by atoms with Crippen LogP contribution in [-0.2, 0) is 21.2 Å². The molecule has 0 saturated heterocycles. The second kappa shape index (κ2) is 4.23. The number of aromatic nitrogens is 1. The molecule has 0 fully saturated rings. The molecule has 1 heterocycles. The van der Waals surface area contributed by atoms with E-state index in [9.17, 15) is 13.2 Å². The van der Waals surface area contributed by atoms with Crippen molar-refractivity contribution in [2.75, 3.05) is 6.26 Å². The Hall–Kier alpha value is -1.37. The molecule has 1 aromatic rings. The fourth-order valence-corrected chi connectivity index (χ4v) is 1.38. The van der Waals surface area contributed by atoms with E-state index in [0.29, 0.717) is 6.42 Å². The minimum Gasteiger partial charge on any atom is -0.364 e. The summed E-state index contributed by atoms with van der Waals surface area (Å²) in [4.78, 5) is 11.0. The van der Waals surface area contributed by atoms with Crippen LogP contribution in [0.25, 0.3) is 0 Å². The van der Waals surface area contributed by atoms with Crippen LogP contribution in [0.2, 0.25) is 0 Å². The SMILES string of the molecule is CS(=O)(=O)NC(=O)CCc1cnoc1. The van der Waals surface area contributed by atoms with E-state index < -0.39 is 15.9 Å². The summed E-state index contributed by atoms with van der Waals surface area (Å²) < 4.78 is 27.7. The van der Waals surface area contributed by atoms with Gasteiger partial charge in [-0.3, -0.25) is 9.52 Å². The van der Waals surface area contributed by atoms with Crippen molar-refractivity contribution in [3.8, 4) is 0 Å². The first-order valence-electron chi connectivity index (χ1n) is 3.86. The average Bonchev–Trinajstić information content (AvgIpc) is 2.49. The summed E-state index contributed by atoms with van der Waals surface area (Å²) in [5, 5.41) is 3.45. The van der Waals surface area contributed by atoms with Crippen LogP contribution in [0.1, 0.15) is 12.0 Å². The standard InChI is InChI=1S/C7H10N2O4S/c1-14(11,12)9-7(10)3-2-6-4-8-13-5-6/h4-5H,2-3H2,1H3,(H,9,10). The van der Waals surface area contributed by atoms with Gasteiger partial charge in [0.2, 0.25) is 15.9 Å². The van der Waals surface area contributed by atoms with Gasteiger partial charge in [-0.2, -0.15) is 0 Å². The lowest BCUT2D eigenvalue weighted by atomic mass is 10.2. The number of sulfonamides is 1. The molecule has 78 valence electrons. The summed E-state index contributed by atoms with van der Waals surface area (Å²) in [6.07, 6.45) is 4.32. The van der Waals surface area contributed by atoms with Crippen LogP contribution in [0.15, 0.2) is 17.0 Å². The third kappa shape index (κ3) is 4.04. The zero-order valence-corrected chi connectivity index (χ0v) is 8.37. The minimum absolute atomic E-state index is 0.0916. The molecule has 0 aliphatic rings. The highest BCUT2D eigenvalue weighted by atomic mass is 32.2. The maximum absolute atomic E-state index is 11.0. The summed E-state index contributed by atoms with van der Waals surface area (Å²) in [7, 11) is -3.45. The molecule has 0 aliphatic heterocycles. The van der Waals surface area contributed by atoms with Crippen molar-refractivity contribution in [2.24, 2.45) is 0 Å². The quantitative estimate of drug-likeness (QED) is 0.748. The molecule has 0 saturated carbocycles. The number of hydrogen-bond acceptors (Lipinski definition) is 5. The van der Waals surface area contributed by atoms with Gasteiger partial charge in [0.15, 0.2) is 0 Å². The predicted octanol–water partition coefficient (Wildman–Crippen LogP) is -0.317. The van der Waals surface area contributed by atoms with Gasteiger partial charge in [0.25, 0.3) is 0 Å². The zero-order valence-electron chi connectivity index (χ0n) is 7.56. The Morgan fingerprint density at radius 3 is 2.86 bits per heavy atom. The summed E-state index contributed by atoms with van der Waals surface area (Å²) in [5.74, 6) is -0.534. The van der Waals surface area contributed by atoms with Crippen molar-refractivity contribution in [1.29, 1.82) is 0 Å². The van der Waals surface area contributed by atoms with Gasteiger partial charge in [0, 0.05) is 12.0 Å². The van der Waals surface area contributed by atoms with Crippen molar-refractivity contribution < 1.29 is 17.7 Å². The first-order chi connectivity index (χ1) is 6.47. The summed E-state index contributed by atoms with van der Waals surface area (Å²) >= 11 is 0. The number of nitrogens with one attached hydrogen (secondary N) is 1. The van der Waals surface area contributed by atoms with Gasteiger partial charge in [-0.25, -0.2) is 8.42 Å². The summed E-state index contributed by atoms with van der Waals surface area (Å²) in [5.41, 5.74) is 0.758. The molecule has 1 rings (SSSR count). The Labute approximate surface area is 81.3 Å². The Morgan fingerprint density at radius 2 is 2.36 bits per heavy atom. The van der Waals surface area contributed by atoms with Crippen LogP contribution >= 0.6 is 0 Å². The fourth-order valence-electron chi connectivity index (χ4n) is 0.866. The van der Waals surface area contributed by atoms with Crippen molar-refractivity contribution in [2.45, 2.75) is 12.8 Å². The molecule has 1 N–H and O–H groups in total. The van der Waals surface area contributed by atoms with E-state index in [1.807, 2.05) is 4.72 Å². The van der Waals surface area contributed by atoms with Crippen molar-refractivity contribution >= 4 is 15.9 Å². The number of rotatable bonds is 4. The lowest BCUT2D eigenvalue weighted by Crippen LogP contribution is -2.29. The summed E-state index contributed by atoms with van der Waals surface area (Å²) in [6, 6.07) is 0. The monoisotopic (exact) mass is 218 g/mol. The van der Waals surface area contributed by atoms with Crippen LogP contribution in [0.3, 0.4) is 0 Å². The van der Waals surface area contributed by atoms with Crippen LogP contribution in [-0.4, -0.2) is 25.7 Å². The molecule has 0 radical (unpaired) electrons. The molecular formula is C7H10N2O4S. The number of nitrogens with zero attached hydrogens (tertiary/aromatic N) is 1. The van der Waals surface area contributed by atoms with Crippen LogP contribution < -0.4 is 4.72 Å². The predicted molar refractivity (Wildman–Crippen MR) is 47.8 cm³/mol. The Kier molecular flexibility index (Phi) is 3.23. The Bertz CT molecular complexity index is 395. The molecule has 1 amide bonds. The highest BCUT2D eigenvalue weighted by Crippen LogP contribution is 2.00. The number of hydrogen-bond donors (Lipinski definition) is 1. The minimum atomic E-state index is -3.45. The van der Waals surface area contributed by atoms with E-state index in [1.165, 1.54) is 12.5 Å². The molecule has 0 aromatic carbocycles. The van der Waals surface area contributed by atoms with Crippen molar-refractivity contribution in [1.82, 2.24) is 9.88 Å². The molecule has 0 spiro atoms. The maximum Gasteiger partial charge on any atom is 0.233 e. The third-order valence-electron chi connectivity index (χ3n) is 1.42. The van der Waals surface area contributed by atoms with E-state index in [0.717, 1.165) is 11.8 Å². The number of carbonyl (C=O) groups excluding carboxylic acids is 1. The van der Waals surface area contributed by atoms with Gasteiger partial charge in [-0.15, -0.1) is 0 Å². The lowest BCUT2D eigenvalue weighted by Gasteiger charge is -2.00. The molecule has 7 heteroatoms. The maximum atomic E-state index is 11.0. The molecule has 0 bridgehead atoms. The number of aryl methyl sites for hydroxylation is 1. The highest BCUT2D eigenvalue weighted by Gasteiger charge is 2.08. The van der Waals surface area contributed by atoms with Crippen molar-refractivity contribution in [3.63, 3.8) is 0 Å². The number of carbonyl (C=O) groups is 1. The normalized spacial score (nSPS) is 11.2. The zero-order chi connectivity index (χ0) is 10.6. The van der Waals surface area contributed by atoms with E-state index in [-0.39, 0.29) is 6.42 Å².